The van der Waals surface area contributed by atoms with Crippen molar-refractivity contribution in [2.24, 2.45) is 0 Å². The van der Waals surface area contributed by atoms with Crippen LogP contribution < -0.4 is 5.32 Å². The molecule has 0 bridgehead atoms. The molecule has 38 valence electrons. The maximum Gasteiger partial charge on any atom is 0.141 e. The fraction of sp³-hybridized carbons (Fsp3) is 0.250. The van der Waals surface area contributed by atoms with E-state index in [0.29, 0.717) is 0 Å². The van der Waals surface area contributed by atoms with E-state index in [2.05, 4.69) is 5.32 Å². The second kappa shape index (κ2) is 3.16. The van der Waals surface area contributed by atoms with Gasteiger partial charge < -0.3 is 5.32 Å². The summed E-state index contributed by atoms with van der Waals surface area (Å²) in [6, 6.07) is 1.58. The molecule has 0 aliphatic carbocycles. The van der Waals surface area contributed by atoms with Gasteiger partial charge in [0.15, 0.2) is 0 Å². The van der Waals surface area contributed by atoms with Crippen molar-refractivity contribution in [2.45, 2.75) is 0 Å². The molecule has 0 aromatic rings. The molecule has 0 spiro atoms. The molecule has 0 amide bonds. The minimum atomic E-state index is -0.0556. The van der Waals surface area contributed by atoms with Gasteiger partial charge in [-0.25, -0.2) is 4.39 Å². The Balaban J connectivity index is 3.68. The first-order valence-corrected chi connectivity index (χ1v) is 1.73. The Kier molecular flexibility index (Phi) is 2.69. The number of hydrogen-bond donors (Lipinski definition) is 1. The van der Waals surface area contributed by atoms with Gasteiger partial charge in [-0.3, -0.25) is 0 Å². The summed E-state index contributed by atoms with van der Waals surface area (Å²) in [5.74, 6) is 0. The monoisotopic (exact) mass is 100 g/mol. The summed E-state index contributed by atoms with van der Waals surface area (Å²) in [5.41, 5.74) is -0.0556. The number of nitrogens with zero attached hydrogens (tertiary/aromatic N) is 1. The van der Waals surface area contributed by atoms with Gasteiger partial charge in [-0.2, -0.15) is 5.26 Å². The third-order valence-electron chi connectivity index (χ3n) is 0.499. The number of allylic oxidation sites excluding steroid dienone is 1. The first-order chi connectivity index (χ1) is 3.35. The van der Waals surface area contributed by atoms with Crippen LogP contribution in [0.25, 0.3) is 0 Å². The van der Waals surface area contributed by atoms with Gasteiger partial charge in [-0.1, -0.05) is 0 Å². The van der Waals surface area contributed by atoms with E-state index in [4.69, 9.17) is 5.26 Å². The fourth-order valence-corrected chi connectivity index (χ4v) is 0.135. The largest absolute Gasteiger partial charge is 0.378 e. The average molecular weight is 100 g/mol. The molecule has 0 saturated heterocycles. The van der Waals surface area contributed by atoms with E-state index in [-0.39, 0.29) is 12.0 Å². The lowest BCUT2D eigenvalue weighted by Gasteiger charge is -1.85. The van der Waals surface area contributed by atoms with Crippen molar-refractivity contribution < 1.29 is 4.39 Å². The second-order valence-electron chi connectivity index (χ2n) is 0.885. The zero-order chi connectivity index (χ0) is 5.70. The lowest BCUT2D eigenvalue weighted by Crippen LogP contribution is -2.01. The van der Waals surface area contributed by atoms with Crippen molar-refractivity contribution in [1.29, 1.82) is 5.26 Å². The maximum atomic E-state index is 11.2. The number of hydrogen-bond acceptors (Lipinski definition) is 2. The molecule has 0 aromatic carbocycles. The predicted octanol–water partition coefficient (Wildman–Crippen LogP) is 0.540. The quantitative estimate of drug-likeness (QED) is 0.488. The number of nitriles is 1. The summed E-state index contributed by atoms with van der Waals surface area (Å²) in [6.07, 6.45) is 0.222. The van der Waals surface area contributed by atoms with E-state index in [1.165, 1.54) is 7.05 Å². The molecule has 0 radical (unpaired) electrons. The van der Waals surface area contributed by atoms with Crippen molar-refractivity contribution >= 4 is 0 Å². The van der Waals surface area contributed by atoms with Gasteiger partial charge in [0.2, 0.25) is 0 Å². The number of halogens is 1. The molecule has 1 N–H and O–H groups in total. The van der Waals surface area contributed by atoms with Crippen molar-refractivity contribution in [3.8, 4) is 6.07 Å². The van der Waals surface area contributed by atoms with Crippen LogP contribution in [0.3, 0.4) is 0 Å². The molecule has 0 atom stereocenters. The zero-order valence-corrected chi connectivity index (χ0v) is 3.90. The topological polar surface area (TPSA) is 35.8 Å². The van der Waals surface area contributed by atoms with E-state index >= 15 is 0 Å². The molecular weight excluding hydrogens is 95.1 g/mol. The Labute approximate surface area is 41.3 Å². The Morgan fingerprint density at radius 2 is 2.57 bits per heavy atom. The van der Waals surface area contributed by atoms with Crippen LogP contribution in [0.5, 0.6) is 0 Å². The van der Waals surface area contributed by atoms with E-state index in [0.717, 1.165) is 0 Å². The highest BCUT2D eigenvalue weighted by Gasteiger charge is 1.82. The van der Waals surface area contributed by atoms with Gasteiger partial charge in [-0.05, 0) is 0 Å². The smallest absolute Gasteiger partial charge is 0.141 e. The molecule has 0 aliphatic heterocycles. The maximum absolute atomic E-state index is 11.2. The van der Waals surface area contributed by atoms with Gasteiger partial charge in [0.05, 0.1) is 0 Å². The van der Waals surface area contributed by atoms with Crippen molar-refractivity contribution in [3.05, 3.63) is 12.0 Å². The lowest BCUT2D eigenvalue weighted by molar-refractivity contribution is 0.702. The molecule has 2 nitrogen and oxygen atoms in total. The van der Waals surface area contributed by atoms with Gasteiger partial charge in [0.25, 0.3) is 0 Å². The van der Waals surface area contributed by atoms with Gasteiger partial charge in [0.1, 0.15) is 18.1 Å². The Bertz CT molecular complexity index is 111. The van der Waals surface area contributed by atoms with Crippen molar-refractivity contribution in [2.75, 3.05) is 7.05 Å². The van der Waals surface area contributed by atoms with E-state index in [9.17, 15) is 4.39 Å². The number of rotatable bonds is 1. The minimum Gasteiger partial charge on any atom is -0.378 e. The van der Waals surface area contributed by atoms with Crippen LogP contribution in [0.15, 0.2) is 12.0 Å². The SMILES string of the molecule is CN/C(C#N)=C/F. The Morgan fingerprint density at radius 1 is 2.00 bits per heavy atom. The fourth-order valence-electron chi connectivity index (χ4n) is 0.135. The van der Waals surface area contributed by atoms with E-state index in [1.807, 2.05) is 0 Å². The summed E-state index contributed by atoms with van der Waals surface area (Å²) in [6.45, 7) is 0. The van der Waals surface area contributed by atoms with E-state index < -0.39 is 0 Å². The third-order valence-corrected chi connectivity index (χ3v) is 0.499. The predicted molar refractivity (Wildman–Crippen MR) is 23.9 cm³/mol. The second-order valence-corrected chi connectivity index (χ2v) is 0.885. The molecule has 0 unspecified atom stereocenters. The highest BCUT2D eigenvalue weighted by Crippen LogP contribution is 1.81. The molecule has 7 heavy (non-hydrogen) atoms. The summed E-state index contributed by atoms with van der Waals surface area (Å²) >= 11 is 0. The van der Waals surface area contributed by atoms with Gasteiger partial charge in [-0.15, -0.1) is 0 Å². The van der Waals surface area contributed by atoms with Crippen LogP contribution in [0.2, 0.25) is 0 Å². The van der Waals surface area contributed by atoms with Crippen molar-refractivity contribution in [1.82, 2.24) is 5.32 Å². The minimum absolute atomic E-state index is 0.0556. The summed E-state index contributed by atoms with van der Waals surface area (Å²) in [4.78, 5) is 0. The normalized spacial score (nSPS) is 10.1. The highest BCUT2D eigenvalue weighted by molar-refractivity contribution is 5.14. The first-order valence-electron chi connectivity index (χ1n) is 1.73. The lowest BCUT2D eigenvalue weighted by atomic mass is 10.5. The van der Waals surface area contributed by atoms with Crippen molar-refractivity contribution in [3.63, 3.8) is 0 Å². The molecule has 0 heterocycles. The standard InChI is InChI=1S/C4H5FN2/c1-7-4(2-5)3-6/h2,7H,1H3/b4-2+. The van der Waals surface area contributed by atoms with Crippen LogP contribution in [0.1, 0.15) is 0 Å². The summed E-state index contributed by atoms with van der Waals surface area (Å²) in [7, 11) is 1.48. The van der Waals surface area contributed by atoms with Gasteiger partial charge in [0, 0.05) is 7.05 Å². The molecular formula is C4H5FN2. The molecule has 0 rings (SSSR count). The molecule has 0 fully saturated rings. The average Bonchev–Trinajstić information content (AvgIpc) is 1.72. The zero-order valence-electron chi connectivity index (χ0n) is 3.90. The molecule has 0 aliphatic rings. The molecule has 0 aromatic heterocycles. The molecule has 0 saturated carbocycles. The first kappa shape index (κ1) is 5.96. The van der Waals surface area contributed by atoms with Gasteiger partial charge >= 0.3 is 0 Å². The third kappa shape index (κ3) is 1.77. The Morgan fingerprint density at radius 3 is 2.57 bits per heavy atom. The van der Waals surface area contributed by atoms with Crippen LogP contribution in [0.4, 0.5) is 4.39 Å². The van der Waals surface area contributed by atoms with Crippen LogP contribution >= 0.6 is 0 Å². The molecule has 3 heteroatoms. The summed E-state index contributed by atoms with van der Waals surface area (Å²) < 4.78 is 11.2. The van der Waals surface area contributed by atoms with Crippen LogP contribution in [-0.2, 0) is 0 Å². The van der Waals surface area contributed by atoms with E-state index in [1.54, 1.807) is 6.07 Å². The summed E-state index contributed by atoms with van der Waals surface area (Å²) in [5, 5.41) is 10.2. The Hall–Kier alpha value is -1.04. The van der Waals surface area contributed by atoms with Crippen LogP contribution in [-0.4, -0.2) is 7.05 Å². The van der Waals surface area contributed by atoms with Crippen LogP contribution in [0, 0.1) is 11.3 Å². The highest BCUT2D eigenvalue weighted by atomic mass is 19.1. The number of nitrogens with one attached hydrogen (secondary N) is 1.